The molecule has 1 aromatic heterocycles. The highest BCUT2D eigenvalue weighted by atomic mass is 35.5. The predicted octanol–water partition coefficient (Wildman–Crippen LogP) is 2.76. The van der Waals surface area contributed by atoms with Crippen LogP contribution in [0.4, 0.5) is 0 Å². The smallest absolute Gasteiger partial charge is 0.282 e. The molecule has 1 aliphatic heterocycles. The number of amides is 2. The zero-order valence-electron chi connectivity index (χ0n) is 14.1. The van der Waals surface area contributed by atoms with E-state index in [0.29, 0.717) is 27.5 Å². The van der Waals surface area contributed by atoms with Crippen molar-refractivity contribution in [1.82, 2.24) is 14.8 Å². The van der Waals surface area contributed by atoms with Crippen molar-refractivity contribution in [2.24, 2.45) is 5.10 Å². The van der Waals surface area contributed by atoms with Crippen LogP contribution < -0.4 is 5.56 Å². The van der Waals surface area contributed by atoms with E-state index in [-0.39, 0.29) is 11.1 Å². The average Bonchev–Trinajstić information content (AvgIpc) is 3.08. The van der Waals surface area contributed by atoms with Crippen LogP contribution in [0.3, 0.4) is 0 Å². The first kappa shape index (κ1) is 17.0. The molecule has 2 heterocycles. The van der Waals surface area contributed by atoms with E-state index in [4.69, 9.17) is 11.6 Å². The lowest BCUT2D eigenvalue weighted by Gasteiger charge is -2.04. The van der Waals surface area contributed by atoms with Crippen molar-refractivity contribution in [2.75, 3.05) is 0 Å². The highest BCUT2D eigenvalue weighted by Crippen LogP contribution is 2.22. The number of hydrogen-bond donors (Lipinski definition) is 1. The number of carbonyl (C=O) groups is 2. The number of fused-ring (bicyclic) bond motifs is 1. The van der Waals surface area contributed by atoms with E-state index in [1.54, 1.807) is 55.5 Å². The Morgan fingerprint density at radius 2 is 1.67 bits per heavy atom. The van der Waals surface area contributed by atoms with Crippen molar-refractivity contribution in [3.8, 4) is 5.69 Å². The third kappa shape index (κ3) is 2.78. The van der Waals surface area contributed by atoms with Gasteiger partial charge in [0.2, 0.25) is 0 Å². The molecule has 3 aromatic rings. The van der Waals surface area contributed by atoms with Crippen LogP contribution >= 0.6 is 11.6 Å². The first-order valence-corrected chi connectivity index (χ1v) is 8.44. The predicted molar refractivity (Wildman–Crippen MR) is 101 cm³/mol. The first-order chi connectivity index (χ1) is 13.0. The fraction of sp³-hybridized carbons (Fsp3) is 0.0526. The first-order valence-electron chi connectivity index (χ1n) is 8.06. The highest BCUT2D eigenvalue weighted by Gasteiger charge is 2.35. The zero-order valence-corrected chi connectivity index (χ0v) is 14.9. The van der Waals surface area contributed by atoms with Crippen molar-refractivity contribution < 1.29 is 9.59 Å². The largest absolute Gasteiger partial charge is 0.295 e. The Hall–Kier alpha value is -3.45. The molecular formula is C19H13ClN4O3. The Balaban J connectivity index is 1.69. The maximum absolute atomic E-state index is 12.7. The lowest BCUT2D eigenvalue weighted by molar-refractivity contribution is 0.0660. The summed E-state index contributed by atoms with van der Waals surface area (Å²) in [5.41, 5.74) is 1.57. The van der Waals surface area contributed by atoms with Crippen LogP contribution in [-0.4, -0.2) is 32.8 Å². The number of aryl methyl sites for hydroxylation is 1. The summed E-state index contributed by atoms with van der Waals surface area (Å²) < 4.78 is 1.32. The van der Waals surface area contributed by atoms with Gasteiger partial charge in [0.05, 0.1) is 28.6 Å². The van der Waals surface area contributed by atoms with Gasteiger partial charge in [-0.15, -0.1) is 0 Å². The van der Waals surface area contributed by atoms with Crippen molar-refractivity contribution in [1.29, 1.82) is 0 Å². The van der Waals surface area contributed by atoms with Crippen LogP contribution in [0, 0.1) is 6.92 Å². The summed E-state index contributed by atoms with van der Waals surface area (Å²) in [4.78, 5) is 37.4. The number of nitrogens with zero attached hydrogens (tertiary/aromatic N) is 3. The van der Waals surface area contributed by atoms with E-state index in [1.807, 2.05) is 0 Å². The van der Waals surface area contributed by atoms with Crippen LogP contribution in [0.2, 0.25) is 5.02 Å². The molecule has 0 saturated carbocycles. The Labute approximate surface area is 158 Å². The van der Waals surface area contributed by atoms with Crippen LogP contribution in [0.25, 0.3) is 5.69 Å². The number of benzene rings is 2. The molecule has 0 aliphatic carbocycles. The molecule has 4 rings (SSSR count). The molecule has 134 valence electrons. The highest BCUT2D eigenvalue weighted by molar-refractivity contribution is 6.30. The minimum absolute atomic E-state index is 0.242. The number of carbonyl (C=O) groups excluding carboxylic acids is 2. The van der Waals surface area contributed by atoms with Gasteiger partial charge in [0, 0.05) is 10.7 Å². The molecule has 1 N–H and O–H groups in total. The molecule has 2 aromatic carbocycles. The van der Waals surface area contributed by atoms with Gasteiger partial charge in [-0.3, -0.25) is 19.5 Å². The molecule has 7 nitrogen and oxygen atoms in total. The number of halogens is 1. The molecule has 1 aliphatic rings. The van der Waals surface area contributed by atoms with Gasteiger partial charge in [-0.1, -0.05) is 29.8 Å². The third-order valence-corrected chi connectivity index (χ3v) is 4.49. The lowest BCUT2D eigenvalue weighted by atomic mass is 10.1. The summed E-state index contributed by atoms with van der Waals surface area (Å²) in [6, 6.07) is 13.3. The van der Waals surface area contributed by atoms with Crippen LogP contribution in [0.5, 0.6) is 0 Å². The van der Waals surface area contributed by atoms with E-state index in [2.05, 4.69) is 10.2 Å². The molecule has 27 heavy (non-hydrogen) atoms. The Morgan fingerprint density at radius 3 is 2.30 bits per heavy atom. The van der Waals surface area contributed by atoms with Crippen LogP contribution in [-0.2, 0) is 0 Å². The number of hydrazone groups is 1. The minimum atomic E-state index is -0.518. The molecule has 0 atom stereocenters. The SMILES string of the molecule is Cc1[nH]n(-c2cccc(Cl)c2)c(=O)c1/C=N/N1C(=O)c2ccccc2C1=O. The molecule has 0 saturated heterocycles. The Morgan fingerprint density at radius 1 is 1.00 bits per heavy atom. The number of imide groups is 1. The van der Waals surface area contributed by atoms with Crippen molar-refractivity contribution in [2.45, 2.75) is 6.92 Å². The van der Waals surface area contributed by atoms with Crippen LogP contribution in [0.1, 0.15) is 32.0 Å². The van der Waals surface area contributed by atoms with E-state index in [1.165, 1.54) is 10.9 Å². The number of aromatic amines is 1. The van der Waals surface area contributed by atoms with Gasteiger partial charge in [-0.25, -0.2) is 4.68 Å². The maximum Gasteiger partial charge on any atom is 0.282 e. The molecule has 0 radical (unpaired) electrons. The summed E-state index contributed by atoms with van der Waals surface area (Å²) in [5.74, 6) is -1.04. The molecular weight excluding hydrogens is 368 g/mol. The van der Waals surface area contributed by atoms with Gasteiger partial charge in [0.15, 0.2) is 0 Å². The van der Waals surface area contributed by atoms with E-state index >= 15 is 0 Å². The fourth-order valence-corrected chi connectivity index (χ4v) is 3.09. The third-order valence-electron chi connectivity index (χ3n) is 4.26. The zero-order chi connectivity index (χ0) is 19.1. The van der Waals surface area contributed by atoms with Crippen molar-refractivity contribution >= 4 is 29.6 Å². The van der Waals surface area contributed by atoms with E-state index in [0.717, 1.165) is 5.01 Å². The molecule has 8 heteroatoms. The second kappa shape index (κ2) is 6.37. The fourth-order valence-electron chi connectivity index (χ4n) is 2.91. The van der Waals surface area contributed by atoms with Crippen molar-refractivity contribution in [3.05, 3.63) is 86.3 Å². The summed E-state index contributed by atoms with van der Waals surface area (Å²) in [7, 11) is 0. The van der Waals surface area contributed by atoms with Crippen molar-refractivity contribution in [3.63, 3.8) is 0 Å². The number of nitrogens with one attached hydrogen (secondary N) is 1. The van der Waals surface area contributed by atoms with Gasteiger partial charge in [-0.2, -0.15) is 10.1 Å². The normalized spacial score (nSPS) is 13.6. The van der Waals surface area contributed by atoms with E-state index < -0.39 is 11.8 Å². The molecule has 2 amide bonds. The molecule has 0 unspecified atom stereocenters. The van der Waals surface area contributed by atoms with Crippen LogP contribution in [0.15, 0.2) is 58.4 Å². The van der Waals surface area contributed by atoms with Gasteiger partial charge < -0.3 is 0 Å². The topological polar surface area (TPSA) is 87.5 Å². The lowest BCUT2D eigenvalue weighted by Crippen LogP contribution is -2.25. The van der Waals surface area contributed by atoms with Gasteiger partial charge >= 0.3 is 0 Å². The Kier molecular flexibility index (Phi) is 4.01. The number of rotatable bonds is 3. The maximum atomic E-state index is 12.7. The van der Waals surface area contributed by atoms with Gasteiger partial charge in [0.1, 0.15) is 0 Å². The minimum Gasteiger partial charge on any atom is -0.295 e. The quantitative estimate of drug-likeness (QED) is 0.559. The number of hydrogen-bond acceptors (Lipinski definition) is 4. The molecule has 0 bridgehead atoms. The molecule has 0 spiro atoms. The number of aromatic nitrogens is 2. The number of H-pyrrole nitrogens is 1. The Bertz CT molecular complexity index is 1140. The summed E-state index contributed by atoms with van der Waals surface area (Å²) in [6.07, 6.45) is 1.22. The summed E-state index contributed by atoms with van der Waals surface area (Å²) >= 11 is 5.98. The monoisotopic (exact) mass is 380 g/mol. The van der Waals surface area contributed by atoms with E-state index in [9.17, 15) is 14.4 Å². The molecule has 0 fully saturated rings. The average molecular weight is 381 g/mol. The van der Waals surface area contributed by atoms with Gasteiger partial charge in [-0.05, 0) is 37.3 Å². The summed E-state index contributed by atoms with van der Waals surface area (Å²) in [6.45, 7) is 1.70. The second-order valence-corrected chi connectivity index (χ2v) is 6.42. The standard InChI is InChI=1S/C19H13ClN4O3/c1-11-16(19(27)23(22-11)13-6-4-5-12(20)9-13)10-21-24-17(25)14-7-2-3-8-15(14)18(24)26/h2-10,22H,1H3/b21-10+. The van der Waals surface area contributed by atoms with Gasteiger partial charge in [0.25, 0.3) is 17.4 Å². The summed E-state index contributed by atoms with van der Waals surface area (Å²) in [5, 5.41) is 8.16. The second-order valence-electron chi connectivity index (χ2n) is 5.98.